The second-order valence-corrected chi connectivity index (χ2v) is 7.45. The van der Waals surface area contributed by atoms with Gasteiger partial charge in [-0.3, -0.25) is 18.7 Å². The zero-order valence-electron chi connectivity index (χ0n) is 17.2. The predicted octanol–water partition coefficient (Wildman–Crippen LogP) is 4.27. The van der Waals surface area contributed by atoms with Crippen LogP contribution in [-0.4, -0.2) is 15.0 Å². The molecule has 0 aliphatic heterocycles. The number of para-hydroxylation sites is 2. The van der Waals surface area contributed by atoms with Crippen LogP contribution in [0, 0.1) is 0 Å². The van der Waals surface area contributed by atoms with E-state index >= 15 is 0 Å². The summed E-state index contributed by atoms with van der Waals surface area (Å²) in [6, 6.07) is 20.7. The highest BCUT2D eigenvalue weighted by Gasteiger charge is 2.14. The van der Waals surface area contributed by atoms with Crippen molar-refractivity contribution in [3.05, 3.63) is 98.7 Å². The summed E-state index contributed by atoms with van der Waals surface area (Å²) in [6.45, 7) is 1.71. The number of hydrogen-bond donors (Lipinski definition) is 1. The maximum absolute atomic E-state index is 12.8. The standard InChI is InChI=1S/C24H20ClN3O4/c1-2-27-23(30)18-7-3-5-9-20(18)28(24(27)31)15-22(29)26-16-11-13-17(14-12-16)32-21-10-6-4-8-19(21)25/h3-14H,2,15H2,1H3,(H,26,29). The minimum absolute atomic E-state index is 0.219. The first-order valence-electron chi connectivity index (χ1n) is 10.0. The maximum atomic E-state index is 12.8. The lowest BCUT2D eigenvalue weighted by atomic mass is 10.2. The number of rotatable bonds is 6. The molecular weight excluding hydrogens is 430 g/mol. The van der Waals surface area contributed by atoms with Gasteiger partial charge in [0.2, 0.25) is 5.91 Å². The first kappa shape index (κ1) is 21.4. The summed E-state index contributed by atoms with van der Waals surface area (Å²) >= 11 is 6.11. The Morgan fingerprint density at radius 3 is 2.34 bits per heavy atom. The average molecular weight is 450 g/mol. The number of fused-ring (bicyclic) bond motifs is 1. The summed E-state index contributed by atoms with van der Waals surface area (Å²) in [5, 5.41) is 3.66. The van der Waals surface area contributed by atoms with Gasteiger partial charge in [0.1, 0.15) is 18.0 Å². The Morgan fingerprint density at radius 1 is 0.938 bits per heavy atom. The van der Waals surface area contributed by atoms with E-state index in [-0.39, 0.29) is 18.6 Å². The normalized spacial score (nSPS) is 10.8. The number of carbonyl (C=O) groups excluding carboxylic acids is 1. The zero-order chi connectivity index (χ0) is 22.7. The lowest BCUT2D eigenvalue weighted by molar-refractivity contribution is -0.116. The molecule has 0 fully saturated rings. The minimum atomic E-state index is -0.519. The largest absolute Gasteiger partial charge is 0.456 e. The van der Waals surface area contributed by atoms with E-state index in [2.05, 4.69) is 5.32 Å². The summed E-state index contributed by atoms with van der Waals surface area (Å²) in [6.07, 6.45) is 0. The third-order valence-electron chi connectivity index (χ3n) is 4.95. The number of aromatic nitrogens is 2. The molecule has 0 spiro atoms. The summed E-state index contributed by atoms with van der Waals surface area (Å²) < 4.78 is 8.17. The minimum Gasteiger partial charge on any atom is -0.456 e. The van der Waals surface area contributed by atoms with Crippen molar-refractivity contribution in [2.45, 2.75) is 20.0 Å². The van der Waals surface area contributed by atoms with E-state index < -0.39 is 11.6 Å². The molecule has 8 heteroatoms. The lowest BCUT2D eigenvalue weighted by Crippen LogP contribution is -2.41. The number of nitrogens with zero attached hydrogens (tertiary/aromatic N) is 2. The second kappa shape index (κ2) is 9.11. The molecule has 0 bridgehead atoms. The fourth-order valence-corrected chi connectivity index (χ4v) is 3.58. The molecule has 0 radical (unpaired) electrons. The molecule has 4 rings (SSSR count). The topological polar surface area (TPSA) is 82.3 Å². The third-order valence-corrected chi connectivity index (χ3v) is 5.26. The summed E-state index contributed by atoms with van der Waals surface area (Å²) in [7, 11) is 0. The summed E-state index contributed by atoms with van der Waals surface area (Å²) in [5.74, 6) is 0.704. The molecule has 0 saturated carbocycles. The Bertz CT molecular complexity index is 1410. The van der Waals surface area contributed by atoms with Crippen LogP contribution < -0.4 is 21.3 Å². The van der Waals surface area contributed by atoms with E-state index in [4.69, 9.17) is 16.3 Å². The molecule has 0 saturated heterocycles. The number of anilines is 1. The second-order valence-electron chi connectivity index (χ2n) is 7.04. The van der Waals surface area contributed by atoms with Gasteiger partial charge in [0.25, 0.3) is 5.56 Å². The third kappa shape index (κ3) is 4.29. The van der Waals surface area contributed by atoms with Crippen molar-refractivity contribution in [1.82, 2.24) is 9.13 Å². The fraction of sp³-hybridized carbons (Fsp3) is 0.125. The van der Waals surface area contributed by atoms with Gasteiger partial charge < -0.3 is 10.1 Å². The number of hydrogen-bond acceptors (Lipinski definition) is 4. The van der Waals surface area contributed by atoms with Crippen LogP contribution in [-0.2, 0) is 17.9 Å². The number of carbonyl (C=O) groups is 1. The summed E-state index contributed by atoms with van der Waals surface area (Å²) in [5.41, 5.74) is 0.0854. The Morgan fingerprint density at radius 2 is 1.62 bits per heavy atom. The molecule has 0 aliphatic carbocycles. The fourth-order valence-electron chi connectivity index (χ4n) is 3.41. The maximum Gasteiger partial charge on any atom is 0.331 e. The van der Waals surface area contributed by atoms with Gasteiger partial charge in [0.05, 0.1) is 15.9 Å². The van der Waals surface area contributed by atoms with Crippen molar-refractivity contribution in [3.63, 3.8) is 0 Å². The molecule has 0 aliphatic rings. The van der Waals surface area contributed by atoms with E-state index in [0.29, 0.717) is 33.1 Å². The van der Waals surface area contributed by atoms with Crippen LogP contribution in [0.15, 0.2) is 82.4 Å². The van der Waals surface area contributed by atoms with Crippen LogP contribution in [0.25, 0.3) is 10.9 Å². The van der Waals surface area contributed by atoms with Crippen molar-refractivity contribution in [3.8, 4) is 11.5 Å². The lowest BCUT2D eigenvalue weighted by Gasteiger charge is -2.13. The number of nitrogens with one attached hydrogen (secondary N) is 1. The van der Waals surface area contributed by atoms with Crippen LogP contribution in [0.2, 0.25) is 5.02 Å². The van der Waals surface area contributed by atoms with Gasteiger partial charge in [0.15, 0.2) is 0 Å². The van der Waals surface area contributed by atoms with Crippen LogP contribution in [0.1, 0.15) is 6.92 Å². The quantitative estimate of drug-likeness (QED) is 0.476. The van der Waals surface area contributed by atoms with Crippen LogP contribution >= 0.6 is 11.6 Å². The number of halogens is 1. The smallest absolute Gasteiger partial charge is 0.331 e. The average Bonchev–Trinajstić information content (AvgIpc) is 2.80. The molecule has 3 aromatic carbocycles. The Hall–Kier alpha value is -3.84. The molecule has 32 heavy (non-hydrogen) atoms. The van der Waals surface area contributed by atoms with Crippen molar-refractivity contribution in [2.75, 3.05) is 5.32 Å². The number of benzene rings is 3. The van der Waals surface area contributed by atoms with Gasteiger partial charge in [-0.05, 0) is 55.5 Å². The van der Waals surface area contributed by atoms with Gasteiger partial charge >= 0.3 is 5.69 Å². The SMILES string of the molecule is CCn1c(=O)c2ccccc2n(CC(=O)Nc2ccc(Oc3ccccc3Cl)cc2)c1=O. The molecule has 1 aromatic heterocycles. The monoisotopic (exact) mass is 449 g/mol. The first-order chi connectivity index (χ1) is 15.5. The van der Waals surface area contributed by atoms with Crippen molar-refractivity contribution in [1.29, 1.82) is 0 Å². The van der Waals surface area contributed by atoms with Crippen LogP contribution in [0.4, 0.5) is 5.69 Å². The van der Waals surface area contributed by atoms with E-state index in [1.54, 1.807) is 67.6 Å². The molecule has 1 heterocycles. The molecule has 1 N–H and O–H groups in total. The highest BCUT2D eigenvalue weighted by atomic mass is 35.5. The summed E-state index contributed by atoms with van der Waals surface area (Å²) in [4.78, 5) is 38.0. The molecule has 162 valence electrons. The first-order valence-corrected chi connectivity index (χ1v) is 10.4. The molecule has 0 atom stereocenters. The van der Waals surface area contributed by atoms with Gasteiger partial charge in [-0.1, -0.05) is 35.9 Å². The predicted molar refractivity (Wildman–Crippen MR) is 125 cm³/mol. The Kier molecular flexibility index (Phi) is 6.09. The highest BCUT2D eigenvalue weighted by molar-refractivity contribution is 6.32. The van der Waals surface area contributed by atoms with E-state index in [1.807, 2.05) is 12.1 Å². The van der Waals surface area contributed by atoms with Gasteiger partial charge in [0, 0.05) is 12.2 Å². The van der Waals surface area contributed by atoms with E-state index in [0.717, 1.165) is 4.57 Å². The Labute approximate surface area is 188 Å². The molecular formula is C24H20ClN3O4. The molecule has 0 unspecified atom stereocenters. The van der Waals surface area contributed by atoms with E-state index in [9.17, 15) is 14.4 Å². The number of ether oxygens (including phenoxy) is 1. The van der Waals surface area contributed by atoms with Crippen molar-refractivity contribution >= 4 is 34.1 Å². The van der Waals surface area contributed by atoms with Crippen molar-refractivity contribution < 1.29 is 9.53 Å². The Balaban J connectivity index is 1.53. The number of amides is 1. The highest BCUT2D eigenvalue weighted by Crippen LogP contribution is 2.29. The van der Waals surface area contributed by atoms with Gasteiger partial charge in [-0.25, -0.2) is 4.79 Å². The molecule has 4 aromatic rings. The molecule has 1 amide bonds. The van der Waals surface area contributed by atoms with Gasteiger partial charge in [-0.15, -0.1) is 0 Å². The van der Waals surface area contributed by atoms with Crippen LogP contribution in [0.3, 0.4) is 0 Å². The zero-order valence-corrected chi connectivity index (χ0v) is 18.0. The van der Waals surface area contributed by atoms with Crippen LogP contribution in [0.5, 0.6) is 11.5 Å². The van der Waals surface area contributed by atoms with E-state index in [1.165, 1.54) is 4.57 Å². The van der Waals surface area contributed by atoms with Crippen molar-refractivity contribution in [2.24, 2.45) is 0 Å². The molecule has 7 nitrogen and oxygen atoms in total. The van der Waals surface area contributed by atoms with Gasteiger partial charge in [-0.2, -0.15) is 0 Å².